The highest BCUT2D eigenvalue weighted by Crippen LogP contribution is 2.10. The van der Waals surface area contributed by atoms with E-state index in [2.05, 4.69) is 27.1 Å². The van der Waals surface area contributed by atoms with Gasteiger partial charge >= 0.3 is 5.69 Å². The van der Waals surface area contributed by atoms with Gasteiger partial charge in [-0.15, -0.1) is 5.10 Å². The minimum absolute atomic E-state index is 0.0837. The van der Waals surface area contributed by atoms with Gasteiger partial charge in [-0.2, -0.15) is 4.68 Å². The first-order valence-electron chi connectivity index (χ1n) is 9.01. The molecule has 0 atom stereocenters. The SMILES string of the molecule is O=C(c1nn(-c2ccccc2)c(=O)[nH]1)N1CCN(Cc2ccccc2)CC1. The van der Waals surface area contributed by atoms with Crippen LogP contribution in [0.1, 0.15) is 16.2 Å². The van der Waals surface area contributed by atoms with E-state index in [1.165, 1.54) is 10.2 Å². The molecule has 2 aromatic carbocycles. The van der Waals surface area contributed by atoms with Crippen LogP contribution in [0, 0.1) is 0 Å². The number of nitrogens with one attached hydrogen (secondary N) is 1. The Morgan fingerprint density at radius 2 is 1.56 bits per heavy atom. The number of hydrogen-bond donors (Lipinski definition) is 1. The fraction of sp³-hybridized carbons (Fsp3) is 0.250. The van der Waals surface area contributed by atoms with Gasteiger partial charge in [-0.05, 0) is 17.7 Å². The Hall–Kier alpha value is -3.19. The predicted molar refractivity (Wildman–Crippen MR) is 102 cm³/mol. The van der Waals surface area contributed by atoms with Crippen LogP contribution < -0.4 is 5.69 Å². The number of nitrogens with zero attached hydrogens (tertiary/aromatic N) is 4. The second-order valence-electron chi connectivity index (χ2n) is 6.58. The Labute approximate surface area is 156 Å². The number of benzene rings is 2. The van der Waals surface area contributed by atoms with Crippen LogP contribution in [-0.4, -0.2) is 56.7 Å². The van der Waals surface area contributed by atoms with Crippen molar-refractivity contribution in [1.29, 1.82) is 0 Å². The molecule has 27 heavy (non-hydrogen) atoms. The van der Waals surface area contributed by atoms with Gasteiger partial charge < -0.3 is 4.90 Å². The summed E-state index contributed by atoms with van der Waals surface area (Å²) in [5.74, 6) is -0.151. The number of rotatable bonds is 4. The normalized spacial score (nSPS) is 15.0. The summed E-state index contributed by atoms with van der Waals surface area (Å²) in [6.07, 6.45) is 0. The molecule has 1 aliphatic heterocycles. The minimum atomic E-state index is -0.410. The molecule has 0 saturated carbocycles. The van der Waals surface area contributed by atoms with Gasteiger partial charge in [0, 0.05) is 32.7 Å². The van der Waals surface area contributed by atoms with E-state index >= 15 is 0 Å². The molecule has 1 aromatic heterocycles. The lowest BCUT2D eigenvalue weighted by molar-refractivity contribution is 0.0616. The van der Waals surface area contributed by atoms with Crippen molar-refractivity contribution in [2.75, 3.05) is 26.2 Å². The van der Waals surface area contributed by atoms with Gasteiger partial charge in [0.2, 0.25) is 5.82 Å². The van der Waals surface area contributed by atoms with Gasteiger partial charge in [-0.1, -0.05) is 48.5 Å². The van der Waals surface area contributed by atoms with E-state index in [4.69, 9.17) is 0 Å². The summed E-state index contributed by atoms with van der Waals surface area (Å²) < 4.78 is 1.22. The molecule has 1 saturated heterocycles. The summed E-state index contributed by atoms with van der Waals surface area (Å²) in [6.45, 7) is 3.70. The zero-order chi connectivity index (χ0) is 18.6. The third kappa shape index (κ3) is 3.83. The fourth-order valence-corrected chi connectivity index (χ4v) is 3.27. The smallest absolute Gasteiger partial charge is 0.333 e. The summed E-state index contributed by atoms with van der Waals surface area (Å²) in [4.78, 5) is 31.5. The number of hydrogen-bond acceptors (Lipinski definition) is 4. The van der Waals surface area contributed by atoms with Crippen molar-refractivity contribution in [3.8, 4) is 5.69 Å². The number of carbonyl (C=O) groups is 1. The van der Waals surface area contributed by atoms with Crippen molar-refractivity contribution in [3.05, 3.63) is 82.5 Å². The van der Waals surface area contributed by atoms with Crippen LogP contribution in [0.5, 0.6) is 0 Å². The van der Waals surface area contributed by atoms with Crippen LogP contribution >= 0.6 is 0 Å². The highest BCUT2D eigenvalue weighted by molar-refractivity contribution is 5.90. The van der Waals surface area contributed by atoms with Crippen LogP contribution in [0.4, 0.5) is 0 Å². The first-order valence-corrected chi connectivity index (χ1v) is 9.01. The number of aromatic nitrogens is 3. The van der Waals surface area contributed by atoms with Crippen molar-refractivity contribution in [2.24, 2.45) is 0 Å². The number of carbonyl (C=O) groups excluding carboxylic acids is 1. The largest absolute Gasteiger partial charge is 0.348 e. The quantitative estimate of drug-likeness (QED) is 0.763. The Morgan fingerprint density at radius 1 is 0.926 bits per heavy atom. The number of H-pyrrole nitrogens is 1. The maximum absolute atomic E-state index is 12.7. The molecule has 3 aromatic rings. The van der Waals surface area contributed by atoms with Crippen molar-refractivity contribution in [1.82, 2.24) is 24.6 Å². The highest BCUT2D eigenvalue weighted by Gasteiger charge is 2.25. The molecule has 1 aliphatic rings. The highest BCUT2D eigenvalue weighted by atomic mass is 16.2. The summed E-state index contributed by atoms with van der Waals surface area (Å²) in [6, 6.07) is 19.4. The Bertz CT molecular complexity index is 957. The molecule has 0 unspecified atom stereocenters. The van der Waals surface area contributed by atoms with E-state index in [0.29, 0.717) is 18.8 Å². The molecular weight excluding hydrogens is 342 g/mol. The van der Waals surface area contributed by atoms with Crippen LogP contribution in [0.15, 0.2) is 65.5 Å². The van der Waals surface area contributed by atoms with Crippen molar-refractivity contribution >= 4 is 5.91 Å². The van der Waals surface area contributed by atoms with E-state index < -0.39 is 5.69 Å². The summed E-state index contributed by atoms with van der Waals surface area (Å²) in [5, 5.41) is 4.19. The van der Waals surface area contributed by atoms with E-state index in [-0.39, 0.29) is 11.7 Å². The van der Waals surface area contributed by atoms with Gasteiger partial charge in [0.05, 0.1) is 5.69 Å². The lowest BCUT2D eigenvalue weighted by atomic mass is 10.2. The third-order valence-electron chi connectivity index (χ3n) is 4.73. The second kappa shape index (κ2) is 7.59. The molecule has 2 heterocycles. The number of aromatic amines is 1. The molecule has 0 spiro atoms. The van der Waals surface area contributed by atoms with Gasteiger partial charge in [0.1, 0.15) is 0 Å². The average Bonchev–Trinajstić information content (AvgIpc) is 3.11. The summed E-state index contributed by atoms with van der Waals surface area (Å²) in [7, 11) is 0. The number of amides is 1. The molecule has 0 aliphatic carbocycles. The number of para-hydroxylation sites is 1. The van der Waals surface area contributed by atoms with Crippen LogP contribution in [-0.2, 0) is 6.54 Å². The first kappa shape index (κ1) is 17.2. The number of piperazine rings is 1. The molecule has 0 bridgehead atoms. The maximum Gasteiger partial charge on any atom is 0.348 e. The van der Waals surface area contributed by atoms with Crippen molar-refractivity contribution in [2.45, 2.75) is 6.54 Å². The second-order valence-corrected chi connectivity index (χ2v) is 6.58. The standard InChI is InChI=1S/C20H21N5O2/c26-19(18-21-20(27)25(22-18)17-9-5-2-6-10-17)24-13-11-23(12-14-24)15-16-7-3-1-4-8-16/h1-10H,11-15H2,(H,21,22,27). The maximum atomic E-state index is 12.7. The monoisotopic (exact) mass is 363 g/mol. The van der Waals surface area contributed by atoms with E-state index in [0.717, 1.165) is 19.6 Å². The van der Waals surface area contributed by atoms with Crippen LogP contribution in [0.2, 0.25) is 0 Å². The molecular formula is C20H21N5O2. The molecule has 7 nitrogen and oxygen atoms in total. The molecule has 1 N–H and O–H groups in total. The first-order chi connectivity index (χ1) is 13.2. The molecule has 1 fully saturated rings. The molecule has 1 amide bonds. The van der Waals surface area contributed by atoms with E-state index in [1.807, 2.05) is 36.4 Å². The van der Waals surface area contributed by atoms with Gasteiger partial charge in [-0.3, -0.25) is 14.7 Å². The molecule has 7 heteroatoms. The summed E-state index contributed by atoms with van der Waals surface area (Å²) in [5.41, 5.74) is 1.49. The van der Waals surface area contributed by atoms with Gasteiger partial charge in [-0.25, -0.2) is 4.79 Å². The Morgan fingerprint density at radius 3 is 2.22 bits per heavy atom. The summed E-state index contributed by atoms with van der Waals surface area (Å²) >= 11 is 0. The lowest BCUT2D eigenvalue weighted by Crippen LogP contribution is -2.48. The topological polar surface area (TPSA) is 74.2 Å². The van der Waals surface area contributed by atoms with Crippen LogP contribution in [0.25, 0.3) is 5.69 Å². The molecule has 0 radical (unpaired) electrons. The Kier molecular flexibility index (Phi) is 4.84. The average molecular weight is 363 g/mol. The van der Waals surface area contributed by atoms with Gasteiger partial charge in [0.15, 0.2) is 0 Å². The molecule has 4 rings (SSSR count). The Balaban J connectivity index is 1.41. The van der Waals surface area contributed by atoms with Crippen LogP contribution in [0.3, 0.4) is 0 Å². The van der Waals surface area contributed by atoms with E-state index in [1.54, 1.807) is 17.0 Å². The van der Waals surface area contributed by atoms with Crippen molar-refractivity contribution in [3.63, 3.8) is 0 Å². The van der Waals surface area contributed by atoms with E-state index in [9.17, 15) is 9.59 Å². The fourth-order valence-electron chi connectivity index (χ4n) is 3.27. The van der Waals surface area contributed by atoms with Gasteiger partial charge in [0.25, 0.3) is 5.91 Å². The lowest BCUT2D eigenvalue weighted by Gasteiger charge is -2.34. The predicted octanol–water partition coefficient (Wildman–Crippen LogP) is 1.52. The third-order valence-corrected chi connectivity index (χ3v) is 4.73. The zero-order valence-corrected chi connectivity index (χ0v) is 14.9. The minimum Gasteiger partial charge on any atom is -0.333 e. The molecule has 138 valence electrons. The van der Waals surface area contributed by atoms with Crippen molar-refractivity contribution < 1.29 is 4.79 Å². The zero-order valence-electron chi connectivity index (χ0n) is 14.9.